The van der Waals surface area contributed by atoms with E-state index in [1.807, 2.05) is 54.5 Å². The molecule has 93 heavy (non-hydrogen) atoms. The van der Waals surface area contributed by atoms with Gasteiger partial charge in [-0.2, -0.15) is 0 Å². The van der Waals surface area contributed by atoms with E-state index in [0.717, 1.165) is 32.7 Å². The first-order chi connectivity index (χ1) is 43.8. The van der Waals surface area contributed by atoms with Crippen LogP contribution in [-0.2, 0) is 0 Å². The number of rotatable bonds is 10. The van der Waals surface area contributed by atoms with E-state index in [1.165, 1.54) is 65.2 Å². The van der Waals surface area contributed by atoms with Crippen LogP contribution in [0.1, 0.15) is 114 Å². The number of hydrogen-bond acceptors (Lipinski definition) is 12. The minimum Gasteiger partial charge on any atom is -0.397 e. The Morgan fingerprint density at radius 3 is 1.43 bits per heavy atom. The fourth-order valence-corrected chi connectivity index (χ4v) is 12.0. The number of nitrogen functional groups attached to an aromatic ring is 1. The Balaban J connectivity index is 0.000000187. The van der Waals surface area contributed by atoms with Gasteiger partial charge >= 0.3 is 11.7 Å². The SMILES string of the molecule is Cc1cc(Br)nc(C(C)C)c1-n1c(=O)[nH]c(=O)c2cc(Cl)c(-c3ccccc3F)nc21.Cc1cc(Br)nc(C(C)C)c1N.Cc1cc(Br)nc(C(C)C)c1NC(=O)NC(=O)c1cc(Cl)c(-c2ccccc2F)nc1Cl.NC(=O)c1cc(Cl)c(-c2ccccc2F)nc1Cl. The maximum atomic E-state index is 14.5. The summed E-state index contributed by atoms with van der Waals surface area (Å²) in [4.78, 5) is 89.8. The highest BCUT2D eigenvalue weighted by molar-refractivity contribution is 9.11. The summed E-state index contributed by atoms with van der Waals surface area (Å²) in [5.41, 5.74) is 17.3. The second-order valence-corrected chi connectivity index (χ2v) is 25.7. The van der Waals surface area contributed by atoms with Crippen molar-refractivity contribution < 1.29 is 27.6 Å². The van der Waals surface area contributed by atoms with Crippen LogP contribution >= 0.6 is 106 Å². The van der Waals surface area contributed by atoms with Crippen molar-refractivity contribution in [3.63, 3.8) is 0 Å². The number of pyridine rings is 6. The van der Waals surface area contributed by atoms with E-state index in [4.69, 9.17) is 69.5 Å². The highest BCUT2D eigenvalue weighted by atomic mass is 79.9. The molecule has 482 valence electrons. The van der Waals surface area contributed by atoms with Gasteiger partial charge in [-0.25, -0.2) is 57.2 Å². The number of aryl methyl sites for hydroxylation is 3. The van der Waals surface area contributed by atoms with Crippen LogP contribution in [0.3, 0.4) is 0 Å². The van der Waals surface area contributed by atoms with Gasteiger partial charge in [-0.15, -0.1) is 0 Å². The summed E-state index contributed by atoms with van der Waals surface area (Å²) >= 11 is 40.6. The third-order valence-corrected chi connectivity index (χ3v) is 16.2. The number of hydrogen-bond donors (Lipinski definition) is 5. The predicted octanol–water partition coefficient (Wildman–Crippen LogP) is 18.0. The first-order valence-corrected chi connectivity index (χ1v) is 32.1. The molecule has 0 bridgehead atoms. The smallest absolute Gasteiger partial charge is 0.334 e. The highest BCUT2D eigenvalue weighted by Crippen LogP contribution is 2.36. The molecule has 28 heteroatoms. The van der Waals surface area contributed by atoms with Crippen LogP contribution in [0, 0.1) is 38.2 Å². The average molecular weight is 1560 g/mol. The lowest BCUT2D eigenvalue weighted by Gasteiger charge is -2.18. The van der Waals surface area contributed by atoms with Gasteiger partial charge in [0.15, 0.2) is 5.65 Å². The molecule has 0 aliphatic heterocycles. The van der Waals surface area contributed by atoms with Crippen LogP contribution in [0.2, 0.25) is 25.4 Å². The van der Waals surface area contributed by atoms with Crippen LogP contribution in [0.5, 0.6) is 0 Å². The molecule has 0 saturated heterocycles. The van der Waals surface area contributed by atoms with Crippen molar-refractivity contribution >= 4 is 146 Å². The lowest BCUT2D eigenvalue weighted by molar-refractivity contribution is 0.0964. The monoisotopic (exact) mass is 1550 g/mol. The summed E-state index contributed by atoms with van der Waals surface area (Å²) in [5, 5.41) is 4.88. The third kappa shape index (κ3) is 17.4. The van der Waals surface area contributed by atoms with E-state index in [2.05, 4.69) is 107 Å². The number of anilines is 2. The van der Waals surface area contributed by atoms with E-state index in [0.29, 0.717) is 37.9 Å². The minimum atomic E-state index is -0.809. The molecule has 0 fully saturated rings. The number of benzene rings is 3. The minimum absolute atomic E-state index is 0.00163. The van der Waals surface area contributed by atoms with Crippen molar-refractivity contribution in [1.82, 2.24) is 44.8 Å². The van der Waals surface area contributed by atoms with Crippen molar-refractivity contribution in [2.24, 2.45) is 5.73 Å². The number of fused-ring (bicyclic) bond motifs is 1. The standard InChI is InChI=1S/C22H18BrCl2FN4O2.C22H17BrClFN4O2.C12H7Cl2FN2O.C9H13BrN2/c1-10(2)17-18(11(3)8-16(23)27-17)29-22(32)30-21(31)13-9-14(24)19(28-20(13)25)12-6-4-5-7-15(12)26;1-10(2)17-19(11(3)8-16(23)26-17)29-20-13(21(30)28-22(29)31)9-14(24)18(27-20)12-6-4-5-7-15(12)25;13-8-5-7(12(16)18)11(14)17-10(8)6-3-1-2-4-9(6)15;1-5(2)9-8(11)6(3)4-7(10)12-9/h4-10H,1-3H3,(H2,29,30,31,32);4-10H,1-3H3,(H,28,30,31);1-5H,(H2,16,18);4-5H,11H2,1-3H3. The molecule has 7 aromatic heterocycles. The Morgan fingerprint density at radius 1 is 0.548 bits per heavy atom. The van der Waals surface area contributed by atoms with Crippen LogP contribution in [0.25, 0.3) is 50.5 Å². The molecule has 0 radical (unpaired) electrons. The van der Waals surface area contributed by atoms with E-state index in [9.17, 15) is 37.1 Å². The zero-order valence-corrected chi connectivity index (χ0v) is 59.1. The molecule has 0 aliphatic rings. The Hall–Kier alpha value is -7.61. The molecule has 0 unspecified atom stereocenters. The van der Waals surface area contributed by atoms with Crippen LogP contribution in [0.15, 0.2) is 133 Å². The van der Waals surface area contributed by atoms with Crippen molar-refractivity contribution in [2.45, 2.75) is 80.1 Å². The number of aromatic nitrogens is 8. The Kier molecular flexibility index (Phi) is 24.7. The molecule has 17 nitrogen and oxygen atoms in total. The van der Waals surface area contributed by atoms with Crippen molar-refractivity contribution in [3.05, 3.63) is 232 Å². The highest BCUT2D eigenvalue weighted by Gasteiger charge is 2.25. The van der Waals surface area contributed by atoms with E-state index >= 15 is 0 Å². The predicted molar refractivity (Wildman–Crippen MR) is 373 cm³/mol. The number of aromatic amines is 1. The van der Waals surface area contributed by atoms with Crippen molar-refractivity contribution in [3.8, 4) is 39.5 Å². The average Bonchev–Trinajstić information content (AvgIpc) is 0.755. The zero-order valence-electron chi connectivity index (χ0n) is 50.6. The van der Waals surface area contributed by atoms with Gasteiger partial charge in [0.1, 0.15) is 41.6 Å². The number of amides is 4. The largest absolute Gasteiger partial charge is 0.397 e. The number of urea groups is 1. The zero-order chi connectivity index (χ0) is 68.6. The lowest BCUT2D eigenvalue weighted by Crippen LogP contribution is -2.35. The van der Waals surface area contributed by atoms with Crippen LogP contribution in [0.4, 0.5) is 29.3 Å². The number of carbonyl (C=O) groups is 3. The number of carbonyl (C=O) groups excluding carboxylic acids is 3. The van der Waals surface area contributed by atoms with Gasteiger partial charge in [0.25, 0.3) is 17.4 Å². The van der Waals surface area contributed by atoms with E-state index in [-0.39, 0.29) is 93.1 Å². The number of H-pyrrole nitrogens is 1. The second kappa shape index (κ2) is 31.5. The number of nitrogens with one attached hydrogen (secondary N) is 3. The Bertz CT molecular complexity index is 4700. The number of primary amides is 1. The Labute approximate surface area is 581 Å². The fourth-order valence-electron chi connectivity index (χ4n) is 9.13. The molecule has 7 heterocycles. The summed E-state index contributed by atoms with van der Waals surface area (Å²) in [6.45, 7) is 17.6. The topological polar surface area (TPSA) is 260 Å². The molecule has 10 aromatic rings. The molecule has 0 aliphatic carbocycles. The van der Waals surface area contributed by atoms with Crippen LogP contribution in [-0.4, -0.2) is 57.3 Å². The van der Waals surface area contributed by atoms with Crippen molar-refractivity contribution in [1.29, 1.82) is 0 Å². The third-order valence-electron chi connectivity index (χ3n) is 13.6. The van der Waals surface area contributed by atoms with Gasteiger partial charge in [-0.1, -0.05) is 136 Å². The molecule has 0 atom stereocenters. The fraction of sp³-hybridized carbons (Fsp3) is 0.185. The second-order valence-electron chi connectivity index (χ2n) is 21.4. The van der Waals surface area contributed by atoms with Gasteiger partial charge in [-0.3, -0.25) is 24.7 Å². The van der Waals surface area contributed by atoms with Crippen molar-refractivity contribution in [2.75, 3.05) is 11.1 Å². The summed E-state index contributed by atoms with van der Waals surface area (Å²) in [5.74, 6) is -2.70. The van der Waals surface area contributed by atoms with Gasteiger partial charge in [0.2, 0.25) is 0 Å². The maximum absolute atomic E-state index is 14.5. The molecular weight excluding hydrogens is 1500 g/mol. The van der Waals surface area contributed by atoms with E-state index in [1.54, 1.807) is 42.5 Å². The summed E-state index contributed by atoms with van der Waals surface area (Å²) in [6.07, 6.45) is 0. The summed E-state index contributed by atoms with van der Waals surface area (Å²) < 4.78 is 45.6. The lowest BCUT2D eigenvalue weighted by atomic mass is 10.0. The number of nitrogens with zero attached hydrogens (tertiary/aromatic N) is 7. The normalized spacial score (nSPS) is 11.0. The molecule has 0 spiro atoms. The van der Waals surface area contributed by atoms with Crippen LogP contribution < -0.4 is 33.3 Å². The maximum Gasteiger partial charge on any atom is 0.334 e. The molecule has 4 amide bonds. The van der Waals surface area contributed by atoms with Gasteiger partial charge in [0.05, 0.1) is 82.8 Å². The van der Waals surface area contributed by atoms with Gasteiger partial charge in [-0.05, 0) is 176 Å². The molecule has 0 saturated carbocycles. The summed E-state index contributed by atoms with van der Waals surface area (Å²) in [6, 6.07) is 26.6. The first-order valence-electron chi connectivity index (χ1n) is 27.8. The quantitative estimate of drug-likeness (QED) is 0.0801. The molecular formula is C65H55Br3Cl5F3N12O5. The first kappa shape index (κ1) is 72.8. The number of halogens is 11. The van der Waals surface area contributed by atoms with Gasteiger partial charge < -0.3 is 16.8 Å². The molecule has 7 N–H and O–H groups in total. The summed E-state index contributed by atoms with van der Waals surface area (Å²) in [7, 11) is 0. The molecule has 3 aromatic carbocycles. The Morgan fingerprint density at radius 2 is 0.957 bits per heavy atom. The van der Waals surface area contributed by atoms with Gasteiger partial charge in [0, 0.05) is 16.7 Å². The molecule has 10 rings (SSSR count). The number of imide groups is 1. The number of nitrogens with two attached hydrogens (primary N) is 2. The van der Waals surface area contributed by atoms with E-state index < -0.39 is 46.5 Å².